The highest BCUT2D eigenvalue weighted by atomic mass is 127. The van der Waals surface area contributed by atoms with Crippen LogP contribution < -0.4 is 10.2 Å². The lowest BCUT2D eigenvalue weighted by atomic mass is 9.93. The van der Waals surface area contributed by atoms with E-state index in [2.05, 4.69) is 185 Å². The molecular weight excluding hydrogens is 687 g/mol. The van der Waals surface area contributed by atoms with Crippen LogP contribution in [0.1, 0.15) is 6.92 Å². The maximum Gasteiger partial charge on any atom is 0.160 e. The van der Waals surface area contributed by atoms with Crippen molar-refractivity contribution in [2.45, 2.75) is 13.1 Å². The number of halogens is 1. The molecule has 226 valence electrons. The van der Waals surface area contributed by atoms with Crippen LogP contribution in [0.3, 0.4) is 0 Å². The summed E-state index contributed by atoms with van der Waals surface area (Å²) in [7, 11) is 0. The van der Waals surface area contributed by atoms with Crippen molar-refractivity contribution < 1.29 is 0 Å². The first-order chi connectivity index (χ1) is 23.1. The third-order valence-corrected chi connectivity index (χ3v) is 9.70. The monoisotopic (exact) mass is 718 g/mol. The molecule has 5 heteroatoms. The van der Waals surface area contributed by atoms with Crippen molar-refractivity contribution in [3.63, 3.8) is 0 Å². The van der Waals surface area contributed by atoms with Crippen LogP contribution >= 0.6 is 22.6 Å². The SMILES string of the molecule is CC1Nc2ccccc2N1c1ccc(-c2ccccc2-c2cccc(-c3nc(-c4ccccc4)c(I)c(-c4ccccc4)n3)c2)cc1. The molecule has 1 N–H and O–H groups in total. The van der Waals surface area contributed by atoms with Crippen molar-refractivity contribution in [3.05, 3.63) is 161 Å². The summed E-state index contributed by atoms with van der Waals surface area (Å²) < 4.78 is 1.04. The maximum atomic E-state index is 5.16. The molecule has 0 saturated carbocycles. The number of hydrogen-bond donors (Lipinski definition) is 1. The van der Waals surface area contributed by atoms with E-state index in [-0.39, 0.29) is 6.17 Å². The van der Waals surface area contributed by atoms with Crippen molar-refractivity contribution in [2.75, 3.05) is 10.2 Å². The zero-order valence-corrected chi connectivity index (χ0v) is 28.0. The van der Waals surface area contributed by atoms with E-state index < -0.39 is 0 Å². The first-order valence-electron chi connectivity index (χ1n) is 15.8. The van der Waals surface area contributed by atoms with E-state index in [1.807, 2.05) is 12.1 Å². The minimum Gasteiger partial charge on any atom is -0.363 e. The Balaban J connectivity index is 1.18. The summed E-state index contributed by atoms with van der Waals surface area (Å²) in [6.07, 6.45) is 0.182. The van der Waals surface area contributed by atoms with Gasteiger partial charge in [0, 0.05) is 22.4 Å². The Labute approximate surface area is 289 Å². The number of fused-ring (bicyclic) bond motifs is 1. The summed E-state index contributed by atoms with van der Waals surface area (Å²) in [4.78, 5) is 12.7. The Morgan fingerprint density at radius 2 is 1.06 bits per heavy atom. The van der Waals surface area contributed by atoms with Crippen LogP contribution in [-0.2, 0) is 0 Å². The summed E-state index contributed by atoms with van der Waals surface area (Å²) in [5.74, 6) is 0.709. The highest BCUT2D eigenvalue weighted by molar-refractivity contribution is 14.1. The average molecular weight is 719 g/mol. The minimum atomic E-state index is 0.182. The molecule has 8 rings (SSSR count). The first kappa shape index (κ1) is 29.2. The van der Waals surface area contributed by atoms with E-state index in [0.29, 0.717) is 5.82 Å². The van der Waals surface area contributed by atoms with Gasteiger partial charge < -0.3 is 10.2 Å². The second-order valence-corrected chi connectivity index (χ2v) is 12.7. The standard InChI is InChI=1S/C42H31IN4/c1-28-44-37-21-10-11-22-38(37)47(28)34-25-23-29(24-26-34)35-19-8-9-20-36(35)32-17-12-18-33(27-32)42-45-40(30-13-4-2-5-14-30)39(43)41(46-42)31-15-6-3-7-16-31/h2-28,44H,1H3. The maximum absolute atomic E-state index is 5.16. The molecule has 47 heavy (non-hydrogen) atoms. The third-order valence-electron chi connectivity index (χ3n) is 8.68. The van der Waals surface area contributed by atoms with E-state index in [4.69, 9.17) is 9.97 Å². The molecule has 2 heterocycles. The van der Waals surface area contributed by atoms with E-state index >= 15 is 0 Å². The number of aromatic nitrogens is 2. The van der Waals surface area contributed by atoms with Gasteiger partial charge in [-0.05, 0) is 82.1 Å². The van der Waals surface area contributed by atoms with Gasteiger partial charge in [0.15, 0.2) is 5.82 Å². The predicted octanol–water partition coefficient (Wildman–Crippen LogP) is 11.3. The Hall–Kier alpha value is -5.27. The van der Waals surface area contributed by atoms with E-state index in [9.17, 15) is 0 Å². The second-order valence-electron chi connectivity index (χ2n) is 11.7. The summed E-state index contributed by atoms with van der Waals surface area (Å²) in [5, 5.41) is 3.59. The average Bonchev–Trinajstić information content (AvgIpc) is 3.48. The molecule has 0 amide bonds. The van der Waals surface area contributed by atoms with E-state index in [0.717, 1.165) is 48.6 Å². The molecular formula is C42H31IN4. The molecule has 1 unspecified atom stereocenters. The third kappa shape index (κ3) is 5.57. The number of benzene rings is 6. The predicted molar refractivity (Wildman–Crippen MR) is 204 cm³/mol. The lowest BCUT2D eigenvalue weighted by molar-refractivity contribution is 0.843. The topological polar surface area (TPSA) is 41.0 Å². The van der Waals surface area contributed by atoms with Crippen LogP contribution in [-0.4, -0.2) is 16.1 Å². The summed E-state index contributed by atoms with van der Waals surface area (Å²) in [5.41, 5.74) is 13.2. The molecule has 1 aromatic heterocycles. The van der Waals surface area contributed by atoms with Crippen LogP contribution in [0, 0.1) is 3.57 Å². The number of rotatable bonds is 6. The molecule has 1 aliphatic rings. The van der Waals surface area contributed by atoms with Crippen LogP contribution in [0.25, 0.3) is 56.2 Å². The number of hydrogen-bond acceptors (Lipinski definition) is 4. The fourth-order valence-electron chi connectivity index (χ4n) is 6.43. The molecule has 0 saturated heterocycles. The van der Waals surface area contributed by atoms with Crippen LogP contribution in [0.15, 0.2) is 158 Å². The zero-order valence-electron chi connectivity index (χ0n) is 25.8. The minimum absolute atomic E-state index is 0.182. The molecule has 0 fully saturated rings. The molecule has 6 aromatic carbocycles. The molecule has 0 aliphatic carbocycles. The van der Waals surface area contributed by atoms with Crippen molar-refractivity contribution in [3.8, 4) is 56.2 Å². The quantitative estimate of drug-likeness (QED) is 0.174. The smallest absolute Gasteiger partial charge is 0.160 e. The molecule has 4 nitrogen and oxygen atoms in total. The van der Waals surface area contributed by atoms with Gasteiger partial charge in [-0.3, -0.25) is 0 Å². The second kappa shape index (κ2) is 12.5. The van der Waals surface area contributed by atoms with Gasteiger partial charge in [-0.15, -0.1) is 0 Å². The fourth-order valence-corrected chi connectivity index (χ4v) is 7.30. The Kier molecular flexibility index (Phi) is 7.75. The fraction of sp³-hybridized carbons (Fsp3) is 0.0476. The number of para-hydroxylation sites is 2. The zero-order chi connectivity index (χ0) is 31.7. The normalized spacial score (nSPS) is 13.7. The molecule has 7 aromatic rings. The summed E-state index contributed by atoms with van der Waals surface area (Å²) in [6.45, 7) is 2.19. The Morgan fingerprint density at radius 3 is 1.72 bits per heavy atom. The largest absolute Gasteiger partial charge is 0.363 e. The van der Waals surface area contributed by atoms with E-state index in [1.165, 1.54) is 22.4 Å². The molecule has 1 atom stereocenters. The van der Waals surface area contributed by atoms with Crippen molar-refractivity contribution in [2.24, 2.45) is 0 Å². The molecule has 0 bridgehead atoms. The van der Waals surface area contributed by atoms with Crippen molar-refractivity contribution in [1.29, 1.82) is 0 Å². The van der Waals surface area contributed by atoms with Crippen molar-refractivity contribution >= 4 is 39.7 Å². The van der Waals surface area contributed by atoms with Gasteiger partial charge in [0.25, 0.3) is 0 Å². The summed E-state index contributed by atoms with van der Waals surface area (Å²) >= 11 is 2.40. The van der Waals surface area contributed by atoms with Gasteiger partial charge in [0.05, 0.1) is 26.3 Å². The van der Waals surface area contributed by atoms with Gasteiger partial charge in [0.2, 0.25) is 0 Å². The molecule has 0 radical (unpaired) electrons. The lowest BCUT2D eigenvalue weighted by Gasteiger charge is -2.24. The van der Waals surface area contributed by atoms with Crippen LogP contribution in [0.5, 0.6) is 0 Å². The highest BCUT2D eigenvalue weighted by Gasteiger charge is 2.26. The Morgan fingerprint density at radius 1 is 0.532 bits per heavy atom. The van der Waals surface area contributed by atoms with Gasteiger partial charge in [0.1, 0.15) is 6.17 Å². The van der Waals surface area contributed by atoms with Crippen molar-refractivity contribution in [1.82, 2.24) is 9.97 Å². The van der Waals surface area contributed by atoms with Gasteiger partial charge in [-0.2, -0.15) is 0 Å². The number of nitrogens with zero attached hydrogens (tertiary/aromatic N) is 3. The Bertz CT molecular complexity index is 2140. The van der Waals surface area contributed by atoms with Gasteiger partial charge in [-0.1, -0.05) is 127 Å². The molecule has 1 aliphatic heterocycles. The number of nitrogens with one attached hydrogen (secondary N) is 1. The van der Waals surface area contributed by atoms with Gasteiger partial charge >= 0.3 is 0 Å². The number of anilines is 3. The van der Waals surface area contributed by atoms with E-state index in [1.54, 1.807) is 0 Å². The lowest BCUT2D eigenvalue weighted by Crippen LogP contribution is -2.28. The van der Waals surface area contributed by atoms with Crippen LogP contribution in [0.2, 0.25) is 0 Å². The van der Waals surface area contributed by atoms with Crippen LogP contribution in [0.4, 0.5) is 17.1 Å². The summed E-state index contributed by atoms with van der Waals surface area (Å²) in [6, 6.07) is 55.3. The highest BCUT2D eigenvalue weighted by Crippen LogP contribution is 2.41. The molecule has 0 spiro atoms. The first-order valence-corrected chi connectivity index (χ1v) is 16.9. The van der Waals surface area contributed by atoms with Gasteiger partial charge in [-0.25, -0.2) is 9.97 Å².